The molecular formula is C9H12N4O2. The van der Waals surface area contributed by atoms with Crippen LogP contribution in [0.1, 0.15) is 5.82 Å². The van der Waals surface area contributed by atoms with Gasteiger partial charge in [-0.25, -0.2) is 4.79 Å². The number of hydrogen-bond donors (Lipinski definition) is 1. The summed E-state index contributed by atoms with van der Waals surface area (Å²) in [5.74, 6) is -0.0681. The third-order valence-electron chi connectivity index (χ3n) is 2.43. The zero-order chi connectivity index (χ0) is 10.8. The second-order valence-electron chi connectivity index (χ2n) is 3.56. The number of nitrogens with zero attached hydrogens (tertiary/aromatic N) is 4. The Kier molecular flexibility index (Phi) is 2.51. The van der Waals surface area contributed by atoms with Gasteiger partial charge < -0.3 is 9.67 Å². The van der Waals surface area contributed by atoms with E-state index >= 15 is 0 Å². The third-order valence-corrected chi connectivity index (χ3v) is 2.43. The van der Waals surface area contributed by atoms with Gasteiger partial charge in [0.05, 0.1) is 6.54 Å². The molecule has 1 aromatic rings. The van der Waals surface area contributed by atoms with Gasteiger partial charge in [-0.05, 0) is 0 Å². The molecule has 0 amide bonds. The van der Waals surface area contributed by atoms with Crippen molar-refractivity contribution in [3.63, 3.8) is 0 Å². The molecule has 1 aliphatic rings. The first kappa shape index (κ1) is 9.85. The molecule has 0 aromatic carbocycles. The van der Waals surface area contributed by atoms with Crippen LogP contribution in [0.3, 0.4) is 0 Å². The third kappa shape index (κ3) is 2.04. The van der Waals surface area contributed by atoms with Crippen LogP contribution in [0.15, 0.2) is 18.5 Å². The molecule has 80 valence electrons. The maximum Gasteiger partial charge on any atom is 0.332 e. The molecule has 1 aliphatic heterocycles. The standard InChI is InChI=1S/C9H12N4O2/c1-7(9(14)15)4-12-2-3-13-6-10-11-8(13)5-12/h6H,1-5H2,(H,14,15). The fourth-order valence-electron chi connectivity index (χ4n) is 1.59. The molecule has 2 rings (SSSR count). The number of carboxylic acid groups (broad SMARTS) is 1. The van der Waals surface area contributed by atoms with E-state index < -0.39 is 5.97 Å². The summed E-state index contributed by atoms with van der Waals surface area (Å²) in [6.07, 6.45) is 1.69. The average Bonchev–Trinajstić information content (AvgIpc) is 2.64. The van der Waals surface area contributed by atoms with E-state index in [0.717, 1.165) is 18.9 Å². The maximum atomic E-state index is 10.6. The predicted octanol–water partition coefficient (Wildman–Crippen LogP) is -0.266. The smallest absolute Gasteiger partial charge is 0.332 e. The van der Waals surface area contributed by atoms with Crippen LogP contribution in [0.25, 0.3) is 0 Å². The number of aromatic nitrogens is 3. The van der Waals surface area contributed by atoms with E-state index in [-0.39, 0.29) is 5.57 Å². The molecule has 6 heteroatoms. The van der Waals surface area contributed by atoms with Crippen molar-refractivity contribution in [2.24, 2.45) is 0 Å². The van der Waals surface area contributed by atoms with Gasteiger partial charge in [-0.1, -0.05) is 6.58 Å². The fraction of sp³-hybridized carbons (Fsp3) is 0.444. The molecule has 0 aliphatic carbocycles. The quantitative estimate of drug-likeness (QED) is 0.692. The fourth-order valence-corrected chi connectivity index (χ4v) is 1.59. The van der Waals surface area contributed by atoms with Crippen molar-refractivity contribution in [3.05, 3.63) is 24.3 Å². The Hall–Kier alpha value is -1.69. The van der Waals surface area contributed by atoms with Crippen LogP contribution in [-0.2, 0) is 17.9 Å². The maximum absolute atomic E-state index is 10.6. The minimum absolute atomic E-state index is 0.211. The molecule has 0 atom stereocenters. The highest BCUT2D eigenvalue weighted by molar-refractivity contribution is 5.86. The molecule has 0 unspecified atom stereocenters. The Morgan fingerprint density at radius 3 is 3.13 bits per heavy atom. The number of carboxylic acids is 1. The highest BCUT2D eigenvalue weighted by atomic mass is 16.4. The van der Waals surface area contributed by atoms with E-state index in [1.165, 1.54) is 0 Å². The predicted molar refractivity (Wildman–Crippen MR) is 52.1 cm³/mol. The van der Waals surface area contributed by atoms with Gasteiger partial charge in [-0.2, -0.15) is 0 Å². The highest BCUT2D eigenvalue weighted by Gasteiger charge is 2.19. The Morgan fingerprint density at radius 2 is 2.40 bits per heavy atom. The summed E-state index contributed by atoms with van der Waals surface area (Å²) in [5, 5.41) is 16.5. The van der Waals surface area contributed by atoms with Crippen LogP contribution in [-0.4, -0.2) is 43.8 Å². The monoisotopic (exact) mass is 208 g/mol. The molecule has 0 fully saturated rings. The summed E-state index contributed by atoms with van der Waals surface area (Å²) < 4.78 is 1.97. The summed E-state index contributed by atoms with van der Waals surface area (Å²) in [5.41, 5.74) is 0.211. The first-order chi connectivity index (χ1) is 7.16. The molecule has 0 saturated heterocycles. The highest BCUT2D eigenvalue weighted by Crippen LogP contribution is 2.10. The van der Waals surface area contributed by atoms with Crippen LogP contribution in [0, 0.1) is 0 Å². The molecule has 1 aromatic heterocycles. The summed E-state index contributed by atoms with van der Waals surface area (Å²) in [4.78, 5) is 12.6. The first-order valence-electron chi connectivity index (χ1n) is 4.67. The van der Waals surface area contributed by atoms with Crippen molar-refractivity contribution in [2.75, 3.05) is 13.1 Å². The molecule has 6 nitrogen and oxygen atoms in total. The second-order valence-corrected chi connectivity index (χ2v) is 3.56. The largest absolute Gasteiger partial charge is 0.478 e. The number of rotatable bonds is 3. The van der Waals surface area contributed by atoms with Gasteiger partial charge in [0.15, 0.2) is 0 Å². The topological polar surface area (TPSA) is 71.2 Å². The number of aliphatic carboxylic acids is 1. The normalized spacial score (nSPS) is 16.0. The average molecular weight is 208 g/mol. The lowest BCUT2D eigenvalue weighted by Gasteiger charge is -2.26. The minimum atomic E-state index is -0.943. The Balaban J connectivity index is 1.98. The van der Waals surface area contributed by atoms with E-state index in [1.54, 1.807) is 6.33 Å². The van der Waals surface area contributed by atoms with Gasteiger partial charge in [0.2, 0.25) is 0 Å². The summed E-state index contributed by atoms with van der Waals surface area (Å²) >= 11 is 0. The molecule has 2 heterocycles. The van der Waals surface area contributed by atoms with Crippen molar-refractivity contribution in [1.29, 1.82) is 0 Å². The van der Waals surface area contributed by atoms with Gasteiger partial charge in [0, 0.05) is 25.2 Å². The zero-order valence-electron chi connectivity index (χ0n) is 8.26. The van der Waals surface area contributed by atoms with Crippen LogP contribution < -0.4 is 0 Å². The van der Waals surface area contributed by atoms with Crippen LogP contribution in [0.5, 0.6) is 0 Å². The first-order valence-corrected chi connectivity index (χ1v) is 4.67. The van der Waals surface area contributed by atoms with E-state index in [1.807, 2.05) is 9.47 Å². The molecular weight excluding hydrogens is 196 g/mol. The number of fused-ring (bicyclic) bond motifs is 1. The van der Waals surface area contributed by atoms with E-state index in [2.05, 4.69) is 16.8 Å². The van der Waals surface area contributed by atoms with Crippen molar-refractivity contribution < 1.29 is 9.90 Å². The van der Waals surface area contributed by atoms with Crippen molar-refractivity contribution in [2.45, 2.75) is 13.1 Å². The molecule has 0 saturated carbocycles. The van der Waals surface area contributed by atoms with Crippen LogP contribution in [0.4, 0.5) is 0 Å². The lowest BCUT2D eigenvalue weighted by atomic mass is 10.2. The van der Waals surface area contributed by atoms with Crippen molar-refractivity contribution in [1.82, 2.24) is 19.7 Å². The SMILES string of the molecule is C=C(CN1CCn2cnnc2C1)C(=O)O. The van der Waals surface area contributed by atoms with Gasteiger partial charge >= 0.3 is 5.97 Å². The lowest BCUT2D eigenvalue weighted by Crippen LogP contribution is -2.35. The molecule has 0 bridgehead atoms. The lowest BCUT2D eigenvalue weighted by molar-refractivity contribution is -0.132. The molecule has 0 spiro atoms. The molecule has 15 heavy (non-hydrogen) atoms. The Bertz CT molecular complexity index is 399. The van der Waals surface area contributed by atoms with Crippen LogP contribution >= 0.6 is 0 Å². The minimum Gasteiger partial charge on any atom is -0.478 e. The van der Waals surface area contributed by atoms with E-state index in [0.29, 0.717) is 13.1 Å². The zero-order valence-corrected chi connectivity index (χ0v) is 8.26. The van der Waals surface area contributed by atoms with Crippen molar-refractivity contribution >= 4 is 5.97 Å². The van der Waals surface area contributed by atoms with Crippen LogP contribution in [0.2, 0.25) is 0 Å². The summed E-state index contributed by atoms with van der Waals surface area (Å²) in [7, 11) is 0. The van der Waals surface area contributed by atoms with Gasteiger partial charge in [0.25, 0.3) is 0 Å². The number of carbonyl (C=O) groups is 1. The van der Waals surface area contributed by atoms with Gasteiger partial charge in [-0.15, -0.1) is 10.2 Å². The molecule has 1 N–H and O–H groups in total. The summed E-state index contributed by atoms with van der Waals surface area (Å²) in [6.45, 7) is 6.12. The van der Waals surface area contributed by atoms with E-state index in [4.69, 9.17) is 5.11 Å². The van der Waals surface area contributed by atoms with Crippen molar-refractivity contribution in [3.8, 4) is 0 Å². The Morgan fingerprint density at radius 1 is 1.60 bits per heavy atom. The Labute approximate surface area is 86.8 Å². The second kappa shape index (κ2) is 3.82. The van der Waals surface area contributed by atoms with Gasteiger partial charge in [0.1, 0.15) is 12.2 Å². The van der Waals surface area contributed by atoms with E-state index in [9.17, 15) is 4.79 Å². The number of hydrogen-bond acceptors (Lipinski definition) is 4. The van der Waals surface area contributed by atoms with Gasteiger partial charge in [-0.3, -0.25) is 4.90 Å². The molecule has 0 radical (unpaired) electrons. The summed E-state index contributed by atoms with van der Waals surface area (Å²) in [6, 6.07) is 0.